The molecule has 0 radical (unpaired) electrons. The third kappa shape index (κ3) is 4.37. The first-order chi connectivity index (χ1) is 2.27. The first-order valence-electron chi connectivity index (χ1n) is 1.26. The van der Waals surface area contributed by atoms with Gasteiger partial charge in [0.05, 0.1) is 0 Å². The molecule has 5 heavy (non-hydrogen) atoms. The molecule has 0 atom stereocenters. The van der Waals surface area contributed by atoms with E-state index in [2.05, 4.69) is 22.3 Å². The van der Waals surface area contributed by atoms with Crippen molar-refractivity contribution >= 4 is 4.47 Å². The second-order valence-electron chi connectivity index (χ2n) is 0.635. The number of hydrogen-bond acceptors (Lipinski definition) is 2. The Balaban J connectivity index is 2.85. The van der Waals surface area contributed by atoms with Crippen LogP contribution >= 0.6 is 0 Å². The van der Waals surface area contributed by atoms with Gasteiger partial charge in [0.1, 0.15) is 0 Å². The number of nitrogens with one attached hydrogen (secondary N) is 1. The fraction of sp³-hybridized carbons (Fsp3) is 0.500. The maximum absolute atomic E-state index is 5.07. The van der Waals surface area contributed by atoms with Crippen LogP contribution in [-0.2, 0) is 17.0 Å². The Morgan fingerprint density at radius 1 is 2.00 bits per heavy atom. The average molecular weight is 109 g/mol. The molecule has 0 aromatic carbocycles. The predicted molar refractivity (Wildman–Crippen MR) is 18.3 cm³/mol. The van der Waals surface area contributed by atoms with E-state index in [1.807, 2.05) is 0 Å². The third-order valence-electron chi connectivity index (χ3n) is 0.256. The summed E-state index contributed by atoms with van der Waals surface area (Å²) in [6.45, 7) is 0. The molecule has 0 rings (SSSR count). The van der Waals surface area contributed by atoms with Crippen LogP contribution in [0.25, 0.3) is 0 Å². The van der Waals surface area contributed by atoms with Gasteiger partial charge in [-0.15, -0.1) is 0 Å². The van der Waals surface area contributed by atoms with Gasteiger partial charge in [-0.25, -0.2) is 0 Å². The van der Waals surface area contributed by atoms with Crippen LogP contribution in [0.1, 0.15) is 0 Å². The Bertz CT molecular complexity index is 42.9. The van der Waals surface area contributed by atoms with Gasteiger partial charge in [-0.2, -0.15) is 0 Å². The van der Waals surface area contributed by atoms with Crippen molar-refractivity contribution in [3.05, 3.63) is 0 Å². The van der Waals surface area contributed by atoms with Crippen LogP contribution in [0.5, 0.6) is 0 Å². The molecular weight excluding hydrogens is 103 g/mol. The quantitative estimate of drug-likeness (QED) is 0.443. The van der Waals surface area contributed by atoms with E-state index in [4.69, 9.17) is 5.73 Å². The molecule has 0 bridgehead atoms. The zero-order chi connectivity index (χ0) is 4.28. The van der Waals surface area contributed by atoms with Crippen LogP contribution in [0.2, 0.25) is 0 Å². The Morgan fingerprint density at radius 3 is 2.20 bits per heavy atom. The van der Waals surface area contributed by atoms with Crippen molar-refractivity contribution in [3.8, 4) is 0 Å². The average Bonchev–Trinajstić information content (AvgIpc) is 1.38. The van der Waals surface area contributed by atoms with E-state index in [1.54, 1.807) is 7.05 Å². The minimum atomic E-state index is 0.692. The van der Waals surface area contributed by atoms with E-state index in [0.717, 1.165) is 0 Å². The van der Waals surface area contributed by atoms with Crippen LogP contribution in [0, 0.1) is 0 Å². The van der Waals surface area contributed by atoms with Gasteiger partial charge in [-0.3, -0.25) is 0 Å². The van der Waals surface area contributed by atoms with E-state index in [9.17, 15) is 0 Å². The van der Waals surface area contributed by atoms with Gasteiger partial charge in [-0.05, 0) is 0 Å². The van der Waals surface area contributed by atoms with Crippen LogP contribution in [0.15, 0.2) is 0 Å². The van der Waals surface area contributed by atoms with Crippen molar-refractivity contribution in [1.82, 2.24) is 5.32 Å². The fourth-order valence-corrected chi connectivity index (χ4v) is 0. The molecule has 0 aliphatic rings. The summed E-state index contributed by atoms with van der Waals surface area (Å²) in [6, 6.07) is 0. The Kier molecular flexibility index (Phi) is 2.80. The number of hydrogen-bond donors (Lipinski definition) is 2. The number of rotatable bonds is 1. The first-order valence-corrected chi connectivity index (χ1v) is 1.96. The van der Waals surface area contributed by atoms with E-state index in [-0.39, 0.29) is 0 Å². The molecule has 0 amide bonds. The summed E-state index contributed by atoms with van der Waals surface area (Å²) in [7, 11) is 1.77. The maximum atomic E-state index is 5.07. The van der Waals surface area contributed by atoms with Gasteiger partial charge in [-0.1, -0.05) is 0 Å². The van der Waals surface area contributed by atoms with Gasteiger partial charge in [0.2, 0.25) is 0 Å². The van der Waals surface area contributed by atoms with Crippen molar-refractivity contribution < 1.29 is 17.0 Å². The van der Waals surface area contributed by atoms with Crippen LogP contribution in [0.4, 0.5) is 0 Å². The van der Waals surface area contributed by atoms with Crippen molar-refractivity contribution in [3.63, 3.8) is 0 Å². The molecular formula is C2H6N2V. The summed E-state index contributed by atoms with van der Waals surface area (Å²) in [5.74, 6) is 0. The van der Waals surface area contributed by atoms with E-state index < -0.39 is 0 Å². The minimum absolute atomic E-state index is 0.692. The van der Waals surface area contributed by atoms with E-state index in [0.29, 0.717) is 4.47 Å². The molecule has 0 fully saturated rings. The van der Waals surface area contributed by atoms with Gasteiger partial charge >= 0.3 is 39.6 Å². The molecule has 0 spiro atoms. The molecule has 0 unspecified atom stereocenters. The Morgan fingerprint density at radius 2 is 2.20 bits per heavy atom. The second-order valence-corrected chi connectivity index (χ2v) is 1.39. The van der Waals surface area contributed by atoms with Crippen LogP contribution in [0.3, 0.4) is 0 Å². The summed E-state index contributed by atoms with van der Waals surface area (Å²) >= 11 is 2.19. The molecule has 3 heteroatoms. The molecule has 2 nitrogen and oxygen atoms in total. The van der Waals surface area contributed by atoms with Crippen LogP contribution in [-0.4, -0.2) is 11.5 Å². The van der Waals surface area contributed by atoms with Crippen LogP contribution < -0.4 is 11.1 Å². The van der Waals surface area contributed by atoms with Crippen molar-refractivity contribution in [2.45, 2.75) is 0 Å². The Hall–Kier alpha value is 0.374. The van der Waals surface area contributed by atoms with Crippen molar-refractivity contribution in [2.75, 3.05) is 7.05 Å². The van der Waals surface area contributed by atoms with Gasteiger partial charge in [0.25, 0.3) is 0 Å². The molecule has 0 saturated carbocycles. The predicted octanol–water partition coefficient (Wildman–Crippen LogP) is -1.20. The fourth-order valence-electron chi connectivity index (χ4n) is 0. The summed E-state index contributed by atoms with van der Waals surface area (Å²) in [5.41, 5.74) is 5.07. The molecule has 0 saturated heterocycles. The van der Waals surface area contributed by atoms with Crippen molar-refractivity contribution in [2.24, 2.45) is 5.73 Å². The molecule has 0 aromatic rings. The molecule has 29 valence electrons. The van der Waals surface area contributed by atoms with Gasteiger partial charge in [0.15, 0.2) is 0 Å². The van der Waals surface area contributed by atoms with Gasteiger partial charge in [0, 0.05) is 0 Å². The normalized spacial score (nSPS) is 7.40. The molecule has 0 aromatic heterocycles. The Labute approximate surface area is 40.2 Å². The SMILES string of the molecule is CN[C](N)=[V]. The monoisotopic (exact) mass is 109 g/mol. The summed E-state index contributed by atoms with van der Waals surface area (Å²) < 4.78 is 0.692. The summed E-state index contributed by atoms with van der Waals surface area (Å²) in [5, 5.41) is 2.69. The standard InChI is InChI=1S/C2H6N2.V/c1-4-2-3;/h4H,3H2,1H3;. The topological polar surface area (TPSA) is 38.0 Å². The number of nitrogens with two attached hydrogens (primary N) is 1. The molecule has 0 aliphatic carbocycles. The summed E-state index contributed by atoms with van der Waals surface area (Å²) in [4.78, 5) is 0. The van der Waals surface area contributed by atoms with Gasteiger partial charge < -0.3 is 0 Å². The molecule has 0 heterocycles. The second kappa shape index (κ2) is 2.60. The van der Waals surface area contributed by atoms with E-state index in [1.165, 1.54) is 0 Å². The van der Waals surface area contributed by atoms with E-state index >= 15 is 0 Å². The van der Waals surface area contributed by atoms with Crippen molar-refractivity contribution in [1.29, 1.82) is 0 Å². The first kappa shape index (κ1) is 5.37. The molecule has 3 N–H and O–H groups in total. The zero-order valence-corrected chi connectivity index (χ0v) is 4.42. The molecule has 0 aliphatic heterocycles. The summed E-state index contributed by atoms with van der Waals surface area (Å²) in [6.07, 6.45) is 0. The third-order valence-corrected chi connectivity index (χ3v) is 0.605. The zero-order valence-electron chi connectivity index (χ0n) is 3.02.